The monoisotopic (exact) mass is 342 g/mol. The molecule has 4 nitrogen and oxygen atoms in total. The van der Waals surface area contributed by atoms with E-state index in [1.54, 1.807) is 4.68 Å². The highest BCUT2D eigenvalue weighted by molar-refractivity contribution is 9.10. The third kappa shape index (κ3) is 4.04. The molecule has 1 heterocycles. The van der Waals surface area contributed by atoms with Gasteiger partial charge < -0.3 is 0 Å². The normalized spacial score (nSPS) is 12.6. The van der Waals surface area contributed by atoms with Crippen LogP contribution in [0.15, 0.2) is 35.1 Å². The van der Waals surface area contributed by atoms with Crippen LogP contribution in [0.4, 0.5) is 0 Å². The van der Waals surface area contributed by atoms with Gasteiger partial charge in [0.1, 0.15) is 0 Å². The van der Waals surface area contributed by atoms with E-state index in [1.165, 1.54) is 5.56 Å². The van der Waals surface area contributed by atoms with Crippen molar-refractivity contribution in [3.63, 3.8) is 0 Å². The summed E-state index contributed by atoms with van der Waals surface area (Å²) < 4.78 is 2.76. The van der Waals surface area contributed by atoms with Gasteiger partial charge in [-0.1, -0.05) is 27.5 Å². The van der Waals surface area contributed by atoms with Gasteiger partial charge in [-0.3, -0.25) is 16.0 Å². The number of aryl methyl sites for hydroxylation is 2. The van der Waals surface area contributed by atoms with Crippen molar-refractivity contribution in [2.45, 2.75) is 18.9 Å². The first-order valence-corrected chi connectivity index (χ1v) is 7.15. The Balaban J connectivity index is 2.07. The molecule has 6 heteroatoms. The van der Waals surface area contributed by atoms with E-state index in [0.717, 1.165) is 22.9 Å². The molecule has 0 saturated heterocycles. The molecule has 0 aliphatic rings. The van der Waals surface area contributed by atoms with Crippen LogP contribution in [0.2, 0.25) is 5.02 Å². The van der Waals surface area contributed by atoms with Gasteiger partial charge in [0.2, 0.25) is 0 Å². The van der Waals surface area contributed by atoms with Crippen LogP contribution in [0.1, 0.15) is 23.6 Å². The van der Waals surface area contributed by atoms with E-state index in [-0.39, 0.29) is 6.04 Å². The third-order valence-electron chi connectivity index (χ3n) is 2.97. The molecule has 1 unspecified atom stereocenters. The third-order valence-corrected chi connectivity index (χ3v) is 3.64. The maximum absolute atomic E-state index is 6.06. The van der Waals surface area contributed by atoms with Crippen LogP contribution in [0.5, 0.6) is 0 Å². The van der Waals surface area contributed by atoms with Gasteiger partial charge in [-0.2, -0.15) is 5.10 Å². The summed E-state index contributed by atoms with van der Waals surface area (Å²) in [6.45, 7) is 0. The molecular formula is C13H16BrClN4. The van der Waals surface area contributed by atoms with Gasteiger partial charge in [0, 0.05) is 28.8 Å². The Kier molecular flexibility index (Phi) is 4.99. The number of aromatic nitrogens is 2. The molecule has 2 rings (SSSR count). The zero-order chi connectivity index (χ0) is 13.8. The number of hydrazine groups is 1. The van der Waals surface area contributed by atoms with E-state index < -0.39 is 0 Å². The Morgan fingerprint density at radius 3 is 2.84 bits per heavy atom. The Morgan fingerprint density at radius 2 is 2.26 bits per heavy atom. The zero-order valence-electron chi connectivity index (χ0n) is 10.6. The second-order valence-corrected chi connectivity index (χ2v) is 5.84. The largest absolute Gasteiger partial charge is 0.276 e. The molecule has 0 aliphatic heterocycles. The second-order valence-electron chi connectivity index (χ2n) is 4.48. The summed E-state index contributed by atoms with van der Waals surface area (Å²) >= 11 is 9.50. The Morgan fingerprint density at radius 1 is 1.47 bits per heavy atom. The lowest BCUT2D eigenvalue weighted by Crippen LogP contribution is -2.28. The molecule has 2 aromatic rings. The molecule has 102 valence electrons. The van der Waals surface area contributed by atoms with E-state index >= 15 is 0 Å². The van der Waals surface area contributed by atoms with E-state index in [0.29, 0.717) is 5.02 Å². The van der Waals surface area contributed by atoms with Crippen molar-refractivity contribution in [3.05, 3.63) is 51.2 Å². The number of halogens is 2. The number of benzene rings is 1. The van der Waals surface area contributed by atoms with Crippen LogP contribution < -0.4 is 11.3 Å². The van der Waals surface area contributed by atoms with Crippen LogP contribution >= 0.6 is 27.5 Å². The first-order valence-electron chi connectivity index (χ1n) is 5.98. The van der Waals surface area contributed by atoms with Crippen LogP contribution in [0.25, 0.3) is 0 Å². The number of nitrogens with two attached hydrogens (primary N) is 1. The van der Waals surface area contributed by atoms with Crippen molar-refractivity contribution >= 4 is 27.5 Å². The Labute approximate surface area is 126 Å². The quantitative estimate of drug-likeness (QED) is 0.648. The minimum Gasteiger partial charge on any atom is -0.276 e. The van der Waals surface area contributed by atoms with E-state index in [1.807, 2.05) is 37.6 Å². The fraction of sp³-hybridized carbons (Fsp3) is 0.308. The summed E-state index contributed by atoms with van der Waals surface area (Å²) in [6.07, 6.45) is 5.69. The van der Waals surface area contributed by atoms with Crippen LogP contribution in [-0.2, 0) is 13.5 Å². The SMILES string of the molecule is Cn1cc(CCC(NN)c2cc(Cl)cc(Br)c2)cn1. The minimum absolute atomic E-state index is 0.0650. The smallest absolute Gasteiger partial charge is 0.0521 e. The first-order chi connectivity index (χ1) is 9.08. The number of nitrogens with zero attached hydrogens (tertiary/aromatic N) is 2. The predicted molar refractivity (Wildman–Crippen MR) is 80.7 cm³/mol. The molecule has 0 radical (unpaired) electrons. The van der Waals surface area contributed by atoms with Crippen molar-refractivity contribution < 1.29 is 0 Å². The van der Waals surface area contributed by atoms with Crippen molar-refractivity contribution in [2.24, 2.45) is 12.9 Å². The maximum atomic E-state index is 6.06. The van der Waals surface area contributed by atoms with Gasteiger partial charge in [0.25, 0.3) is 0 Å². The summed E-state index contributed by atoms with van der Waals surface area (Å²) in [5.74, 6) is 5.65. The van der Waals surface area contributed by atoms with Crippen molar-refractivity contribution in [3.8, 4) is 0 Å². The van der Waals surface area contributed by atoms with Gasteiger partial charge in [0.05, 0.1) is 6.20 Å². The Bertz CT molecular complexity index is 535. The molecule has 1 aromatic carbocycles. The number of nitrogens with one attached hydrogen (secondary N) is 1. The molecule has 0 amide bonds. The van der Waals surface area contributed by atoms with Crippen LogP contribution in [0, 0.1) is 0 Å². The predicted octanol–water partition coefficient (Wildman–Crippen LogP) is 2.97. The molecule has 1 aromatic heterocycles. The molecule has 19 heavy (non-hydrogen) atoms. The van der Waals surface area contributed by atoms with E-state index in [9.17, 15) is 0 Å². The van der Waals surface area contributed by atoms with E-state index in [2.05, 4.69) is 26.5 Å². The first kappa shape index (κ1) is 14.5. The van der Waals surface area contributed by atoms with Gasteiger partial charge in [-0.05, 0) is 42.2 Å². The lowest BCUT2D eigenvalue weighted by Gasteiger charge is -2.16. The molecule has 0 aliphatic carbocycles. The topological polar surface area (TPSA) is 55.9 Å². The molecule has 0 fully saturated rings. The fourth-order valence-corrected chi connectivity index (χ4v) is 2.92. The summed E-state index contributed by atoms with van der Waals surface area (Å²) in [6, 6.07) is 5.88. The van der Waals surface area contributed by atoms with Gasteiger partial charge >= 0.3 is 0 Å². The number of hydrogen-bond acceptors (Lipinski definition) is 3. The highest BCUT2D eigenvalue weighted by Gasteiger charge is 2.12. The van der Waals surface area contributed by atoms with Crippen molar-refractivity contribution in [1.82, 2.24) is 15.2 Å². The van der Waals surface area contributed by atoms with Crippen LogP contribution in [-0.4, -0.2) is 9.78 Å². The standard InChI is InChI=1S/C13H16BrClN4/c1-19-8-9(7-17-19)2-3-13(18-16)10-4-11(14)6-12(15)5-10/h4-8,13,18H,2-3,16H2,1H3. The average Bonchev–Trinajstić information content (AvgIpc) is 2.75. The maximum Gasteiger partial charge on any atom is 0.0521 e. The molecule has 0 bridgehead atoms. The summed E-state index contributed by atoms with van der Waals surface area (Å²) in [7, 11) is 1.91. The highest BCUT2D eigenvalue weighted by atomic mass is 79.9. The summed E-state index contributed by atoms with van der Waals surface area (Å²) in [5, 5.41) is 4.86. The van der Waals surface area contributed by atoms with Gasteiger partial charge in [-0.25, -0.2) is 0 Å². The molecular weight excluding hydrogens is 328 g/mol. The van der Waals surface area contributed by atoms with Crippen molar-refractivity contribution in [1.29, 1.82) is 0 Å². The fourth-order valence-electron chi connectivity index (χ4n) is 2.03. The second kappa shape index (κ2) is 6.52. The van der Waals surface area contributed by atoms with Crippen molar-refractivity contribution in [2.75, 3.05) is 0 Å². The number of rotatable bonds is 5. The van der Waals surface area contributed by atoms with Crippen LogP contribution in [0.3, 0.4) is 0 Å². The Hall–Kier alpha value is -0.880. The molecule has 1 atom stereocenters. The van der Waals surface area contributed by atoms with Gasteiger partial charge in [-0.15, -0.1) is 0 Å². The average molecular weight is 344 g/mol. The lowest BCUT2D eigenvalue weighted by atomic mass is 10.0. The van der Waals surface area contributed by atoms with Gasteiger partial charge in [0.15, 0.2) is 0 Å². The minimum atomic E-state index is 0.0650. The highest BCUT2D eigenvalue weighted by Crippen LogP contribution is 2.26. The summed E-state index contributed by atoms with van der Waals surface area (Å²) in [5.41, 5.74) is 5.12. The molecule has 3 N–H and O–H groups in total. The molecule has 0 saturated carbocycles. The number of hydrogen-bond donors (Lipinski definition) is 2. The summed E-state index contributed by atoms with van der Waals surface area (Å²) in [4.78, 5) is 0. The zero-order valence-corrected chi connectivity index (χ0v) is 12.9. The van der Waals surface area contributed by atoms with E-state index in [4.69, 9.17) is 17.4 Å². The molecule has 0 spiro atoms. The lowest BCUT2D eigenvalue weighted by molar-refractivity contribution is 0.516.